The summed E-state index contributed by atoms with van der Waals surface area (Å²) in [6.07, 6.45) is 7.37. The van der Waals surface area contributed by atoms with Crippen molar-refractivity contribution in [1.82, 2.24) is 15.5 Å². The lowest BCUT2D eigenvalue weighted by Crippen LogP contribution is -2.58. The average molecular weight is 325 g/mol. The fraction of sp³-hybridized carbons (Fsp3) is 0.944. The number of hydrogen-bond acceptors (Lipinski definition) is 3. The number of nitrogens with one attached hydrogen (secondary N) is 2. The van der Waals surface area contributed by atoms with Crippen molar-refractivity contribution < 1.29 is 4.74 Å². The minimum absolute atomic E-state index is 0.251. The minimum Gasteiger partial charge on any atom is -0.381 e. The maximum Gasteiger partial charge on any atom is 0.191 e. The molecule has 5 heteroatoms. The van der Waals surface area contributed by atoms with Gasteiger partial charge in [0.05, 0.1) is 0 Å². The smallest absolute Gasteiger partial charge is 0.191 e. The molecule has 2 rings (SSSR count). The molecule has 2 fully saturated rings. The summed E-state index contributed by atoms with van der Waals surface area (Å²) in [6, 6.07) is 0. The molecule has 0 atom stereocenters. The third kappa shape index (κ3) is 5.08. The number of nitrogens with zero attached hydrogens (tertiary/aromatic N) is 2. The molecule has 0 unspecified atom stereocenters. The highest BCUT2D eigenvalue weighted by Crippen LogP contribution is 2.30. The summed E-state index contributed by atoms with van der Waals surface area (Å²) in [4.78, 5) is 7.11. The molecule has 2 aliphatic heterocycles. The van der Waals surface area contributed by atoms with Gasteiger partial charge in [0.1, 0.15) is 0 Å². The van der Waals surface area contributed by atoms with Gasteiger partial charge in [-0.2, -0.15) is 0 Å². The van der Waals surface area contributed by atoms with Gasteiger partial charge in [0.25, 0.3) is 0 Å². The molecule has 0 aromatic rings. The summed E-state index contributed by atoms with van der Waals surface area (Å²) in [5.74, 6) is 1.67. The monoisotopic (exact) mass is 324 g/mol. The highest BCUT2D eigenvalue weighted by atomic mass is 16.5. The molecule has 0 aromatic carbocycles. The summed E-state index contributed by atoms with van der Waals surface area (Å²) < 4.78 is 5.63. The Labute approximate surface area is 142 Å². The largest absolute Gasteiger partial charge is 0.381 e. The second-order valence-electron chi connectivity index (χ2n) is 7.02. The molecule has 0 radical (unpaired) electrons. The van der Waals surface area contributed by atoms with Crippen LogP contribution in [0.25, 0.3) is 0 Å². The van der Waals surface area contributed by atoms with Gasteiger partial charge < -0.3 is 15.4 Å². The Balaban J connectivity index is 1.88. The van der Waals surface area contributed by atoms with Crippen LogP contribution in [0.2, 0.25) is 0 Å². The van der Waals surface area contributed by atoms with Crippen molar-refractivity contribution >= 4 is 5.96 Å². The van der Waals surface area contributed by atoms with Crippen molar-refractivity contribution in [1.29, 1.82) is 0 Å². The zero-order chi connectivity index (χ0) is 16.5. The van der Waals surface area contributed by atoms with Crippen LogP contribution >= 0.6 is 0 Å². The van der Waals surface area contributed by atoms with E-state index < -0.39 is 0 Å². The van der Waals surface area contributed by atoms with Gasteiger partial charge >= 0.3 is 0 Å². The first kappa shape index (κ1) is 18.5. The molecular formula is C18H36N4O. The van der Waals surface area contributed by atoms with E-state index in [0.717, 1.165) is 51.0 Å². The lowest BCUT2D eigenvalue weighted by molar-refractivity contribution is -0.0164. The van der Waals surface area contributed by atoms with Gasteiger partial charge in [-0.3, -0.25) is 9.89 Å². The Morgan fingerprint density at radius 3 is 2.35 bits per heavy atom. The molecule has 0 aliphatic carbocycles. The number of rotatable bonds is 7. The molecule has 5 nitrogen and oxygen atoms in total. The predicted molar refractivity (Wildman–Crippen MR) is 97.0 cm³/mol. The molecule has 0 amide bonds. The minimum atomic E-state index is 0.251. The van der Waals surface area contributed by atoms with Gasteiger partial charge in [-0.15, -0.1) is 0 Å². The maximum absolute atomic E-state index is 5.63. The number of aliphatic imine (C=N–C) groups is 1. The predicted octanol–water partition coefficient (Wildman–Crippen LogP) is 2.23. The average Bonchev–Trinajstić information content (AvgIpc) is 3.14. The molecule has 0 bridgehead atoms. The zero-order valence-electron chi connectivity index (χ0n) is 15.4. The quantitative estimate of drug-likeness (QED) is 0.557. The first-order chi connectivity index (χ1) is 11.2. The van der Waals surface area contributed by atoms with Crippen LogP contribution in [0.4, 0.5) is 0 Å². The molecule has 2 saturated heterocycles. The Kier molecular flexibility index (Phi) is 7.63. The molecule has 2 aliphatic rings. The third-order valence-corrected chi connectivity index (χ3v) is 5.72. The molecule has 23 heavy (non-hydrogen) atoms. The maximum atomic E-state index is 5.63. The molecule has 0 spiro atoms. The Bertz CT molecular complexity index is 356. The van der Waals surface area contributed by atoms with Crippen molar-refractivity contribution in [3.63, 3.8) is 0 Å². The van der Waals surface area contributed by atoms with E-state index in [4.69, 9.17) is 4.74 Å². The van der Waals surface area contributed by atoms with Crippen molar-refractivity contribution in [3.8, 4) is 0 Å². The Morgan fingerprint density at radius 2 is 1.78 bits per heavy atom. The van der Waals surface area contributed by atoms with Crippen molar-refractivity contribution in [2.45, 2.75) is 57.9 Å². The van der Waals surface area contributed by atoms with Crippen LogP contribution in [0, 0.1) is 5.92 Å². The molecule has 2 N–H and O–H groups in total. The highest BCUT2D eigenvalue weighted by molar-refractivity contribution is 5.79. The van der Waals surface area contributed by atoms with Gasteiger partial charge in [-0.25, -0.2) is 0 Å². The topological polar surface area (TPSA) is 48.9 Å². The second kappa shape index (κ2) is 9.48. The molecule has 2 heterocycles. The van der Waals surface area contributed by atoms with Crippen LogP contribution in [-0.2, 0) is 4.74 Å². The van der Waals surface area contributed by atoms with Crippen molar-refractivity contribution in [2.75, 3.05) is 46.4 Å². The van der Waals surface area contributed by atoms with Gasteiger partial charge in [-0.05, 0) is 44.7 Å². The lowest BCUT2D eigenvalue weighted by atomic mass is 9.88. The molecule has 0 aromatic heterocycles. The Morgan fingerprint density at radius 1 is 1.13 bits per heavy atom. The van der Waals surface area contributed by atoms with Crippen LogP contribution in [-0.4, -0.2) is 62.8 Å². The summed E-state index contributed by atoms with van der Waals surface area (Å²) in [5.41, 5.74) is 0.251. The van der Waals surface area contributed by atoms with Crippen LogP contribution < -0.4 is 10.6 Å². The Hall–Kier alpha value is -0.810. The molecule has 134 valence electrons. The normalized spacial score (nSPS) is 22.5. The number of guanidine groups is 1. The second-order valence-corrected chi connectivity index (χ2v) is 7.02. The van der Waals surface area contributed by atoms with Crippen LogP contribution in [0.5, 0.6) is 0 Å². The van der Waals surface area contributed by atoms with E-state index in [0.29, 0.717) is 0 Å². The van der Waals surface area contributed by atoms with E-state index in [2.05, 4.69) is 34.4 Å². The molecular weight excluding hydrogens is 288 g/mol. The van der Waals surface area contributed by atoms with Crippen molar-refractivity contribution in [2.24, 2.45) is 10.9 Å². The van der Waals surface area contributed by atoms with Crippen LogP contribution in [0.1, 0.15) is 52.4 Å². The number of likely N-dealkylation sites (tertiary alicyclic amines) is 1. The van der Waals surface area contributed by atoms with Gasteiger partial charge in [0.2, 0.25) is 0 Å². The standard InChI is InChI=1S/C18H36N4O/c1-4-16(5-2)14-20-17(19-3)21-15-18(8-12-23-13-9-18)22-10-6-7-11-22/h16H,4-15H2,1-3H3,(H2,19,20,21). The first-order valence-electron chi connectivity index (χ1n) is 9.51. The molecule has 0 saturated carbocycles. The fourth-order valence-corrected chi connectivity index (χ4v) is 3.83. The van der Waals surface area contributed by atoms with Crippen LogP contribution in [0.15, 0.2) is 4.99 Å². The van der Waals surface area contributed by atoms with Gasteiger partial charge in [0, 0.05) is 38.9 Å². The van der Waals surface area contributed by atoms with E-state index in [1.165, 1.54) is 38.8 Å². The summed E-state index contributed by atoms with van der Waals surface area (Å²) in [7, 11) is 1.87. The van der Waals surface area contributed by atoms with E-state index in [-0.39, 0.29) is 5.54 Å². The third-order valence-electron chi connectivity index (χ3n) is 5.72. The zero-order valence-corrected chi connectivity index (χ0v) is 15.4. The van der Waals surface area contributed by atoms with Crippen molar-refractivity contribution in [3.05, 3.63) is 0 Å². The van der Waals surface area contributed by atoms with Gasteiger partial charge in [0.15, 0.2) is 5.96 Å². The van der Waals surface area contributed by atoms with Crippen LogP contribution in [0.3, 0.4) is 0 Å². The highest BCUT2D eigenvalue weighted by Gasteiger charge is 2.39. The fourth-order valence-electron chi connectivity index (χ4n) is 3.83. The summed E-state index contributed by atoms with van der Waals surface area (Å²) in [5, 5.41) is 7.11. The first-order valence-corrected chi connectivity index (χ1v) is 9.51. The van der Waals surface area contributed by atoms with E-state index in [9.17, 15) is 0 Å². The number of ether oxygens (including phenoxy) is 1. The van der Waals surface area contributed by atoms with E-state index in [1.54, 1.807) is 0 Å². The summed E-state index contributed by atoms with van der Waals surface area (Å²) in [6.45, 7) is 10.7. The number of hydrogen-bond donors (Lipinski definition) is 2. The van der Waals surface area contributed by atoms with Gasteiger partial charge in [-0.1, -0.05) is 26.7 Å². The summed E-state index contributed by atoms with van der Waals surface area (Å²) >= 11 is 0. The lowest BCUT2D eigenvalue weighted by Gasteiger charge is -2.45. The van der Waals surface area contributed by atoms with E-state index in [1.807, 2.05) is 7.05 Å². The van der Waals surface area contributed by atoms with E-state index >= 15 is 0 Å². The SMILES string of the molecule is CCC(CC)CNC(=NC)NCC1(N2CCCC2)CCOCC1.